The van der Waals surface area contributed by atoms with Crippen LogP contribution in [0.15, 0.2) is 60.7 Å². The summed E-state index contributed by atoms with van der Waals surface area (Å²) >= 11 is 0. The van der Waals surface area contributed by atoms with Crippen LogP contribution < -0.4 is 4.74 Å². The number of hydrogen-bond donors (Lipinski definition) is 1. The van der Waals surface area contributed by atoms with E-state index in [1.54, 1.807) is 42.5 Å². The number of hydrogen-bond acceptors (Lipinski definition) is 3. The van der Waals surface area contributed by atoms with Gasteiger partial charge in [-0.2, -0.15) is 0 Å². The molecule has 0 saturated carbocycles. The largest absolute Gasteiger partial charge is 0.508 e. The smallest absolute Gasteiger partial charge is 0.343 e. The number of phenolic OH excluding ortho intramolecular Hbond substituents is 1. The minimum Gasteiger partial charge on any atom is -0.508 e. The molecule has 3 aromatic carbocycles. The van der Waals surface area contributed by atoms with E-state index in [2.05, 4.69) is 0 Å². The molecule has 0 aliphatic rings. The molecule has 0 bridgehead atoms. The molecule has 0 saturated heterocycles. The molecule has 0 aliphatic carbocycles. The van der Waals surface area contributed by atoms with Crippen LogP contribution in [0.1, 0.15) is 15.9 Å². The molecule has 3 heteroatoms. The molecule has 1 N–H and O–H groups in total. The van der Waals surface area contributed by atoms with Crippen LogP contribution in [0.5, 0.6) is 11.5 Å². The first-order valence-corrected chi connectivity index (χ1v) is 6.65. The number of aryl methyl sites for hydroxylation is 1. The van der Waals surface area contributed by atoms with E-state index in [1.807, 2.05) is 25.1 Å². The minimum atomic E-state index is -0.378. The van der Waals surface area contributed by atoms with E-state index < -0.39 is 0 Å². The molecule has 0 amide bonds. The molecule has 21 heavy (non-hydrogen) atoms. The average Bonchev–Trinajstić information content (AvgIpc) is 2.51. The molecule has 3 rings (SSSR count). The van der Waals surface area contributed by atoms with E-state index in [0.29, 0.717) is 11.3 Å². The number of benzene rings is 3. The highest BCUT2D eigenvalue weighted by Gasteiger charge is 2.11. The van der Waals surface area contributed by atoms with Crippen LogP contribution in [0.4, 0.5) is 0 Å². The second kappa shape index (κ2) is 5.29. The lowest BCUT2D eigenvalue weighted by Crippen LogP contribution is -2.09. The summed E-state index contributed by atoms with van der Waals surface area (Å²) in [6.45, 7) is 1.90. The van der Waals surface area contributed by atoms with Gasteiger partial charge in [-0.1, -0.05) is 30.3 Å². The van der Waals surface area contributed by atoms with Crippen LogP contribution in [0.2, 0.25) is 0 Å². The molecule has 0 heterocycles. The molecule has 0 fully saturated rings. The monoisotopic (exact) mass is 278 g/mol. The molecule has 0 radical (unpaired) electrons. The molecule has 3 nitrogen and oxygen atoms in total. The van der Waals surface area contributed by atoms with Crippen molar-refractivity contribution in [1.82, 2.24) is 0 Å². The highest BCUT2D eigenvalue weighted by molar-refractivity contribution is 5.93. The standard InChI is InChI=1S/C18H14O3/c1-12-16-9-8-15(19)11-14(16)7-10-17(12)21-18(20)13-5-3-2-4-6-13/h2-11,19H,1H3. The van der Waals surface area contributed by atoms with Gasteiger partial charge < -0.3 is 9.84 Å². The predicted molar refractivity (Wildman–Crippen MR) is 81.8 cm³/mol. The lowest BCUT2D eigenvalue weighted by atomic mass is 10.0. The van der Waals surface area contributed by atoms with Gasteiger partial charge in [0.05, 0.1) is 5.56 Å². The van der Waals surface area contributed by atoms with Crippen LogP contribution in [0.3, 0.4) is 0 Å². The fourth-order valence-corrected chi connectivity index (χ4v) is 2.30. The maximum Gasteiger partial charge on any atom is 0.343 e. The van der Waals surface area contributed by atoms with Crippen molar-refractivity contribution in [3.8, 4) is 11.5 Å². The molecule has 0 unspecified atom stereocenters. The lowest BCUT2D eigenvalue weighted by molar-refractivity contribution is 0.0734. The molecular weight excluding hydrogens is 264 g/mol. The molecule has 0 aliphatic heterocycles. The third kappa shape index (κ3) is 2.58. The highest BCUT2D eigenvalue weighted by Crippen LogP contribution is 2.29. The Hall–Kier alpha value is -2.81. The van der Waals surface area contributed by atoms with Crippen LogP contribution in [0.25, 0.3) is 10.8 Å². The first-order valence-electron chi connectivity index (χ1n) is 6.65. The molecule has 0 spiro atoms. The number of phenols is 1. The van der Waals surface area contributed by atoms with Gasteiger partial charge in [0.1, 0.15) is 11.5 Å². The molecule has 0 aromatic heterocycles. The molecular formula is C18H14O3. The molecule has 3 aromatic rings. The van der Waals surface area contributed by atoms with E-state index in [9.17, 15) is 9.90 Å². The van der Waals surface area contributed by atoms with Gasteiger partial charge in [-0.3, -0.25) is 0 Å². The number of fused-ring (bicyclic) bond motifs is 1. The Bertz CT molecular complexity index is 807. The Kier molecular flexibility index (Phi) is 3.32. The minimum absolute atomic E-state index is 0.218. The number of rotatable bonds is 2. The number of aromatic hydroxyl groups is 1. The van der Waals surface area contributed by atoms with E-state index in [1.165, 1.54) is 0 Å². The molecule has 104 valence electrons. The van der Waals surface area contributed by atoms with Crippen molar-refractivity contribution in [2.24, 2.45) is 0 Å². The summed E-state index contributed by atoms with van der Waals surface area (Å²) in [5.74, 6) is 0.370. The highest BCUT2D eigenvalue weighted by atomic mass is 16.5. The summed E-state index contributed by atoms with van der Waals surface area (Å²) in [7, 11) is 0. The van der Waals surface area contributed by atoms with Gasteiger partial charge in [-0.05, 0) is 53.6 Å². The van der Waals surface area contributed by atoms with Crippen molar-refractivity contribution in [2.45, 2.75) is 6.92 Å². The van der Waals surface area contributed by atoms with Gasteiger partial charge in [-0.15, -0.1) is 0 Å². The number of carbonyl (C=O) groups excluding carboxylic acids is 1. The zero-order valence-corrected chi connectivity index (χ0v) is 11.5. The Morgan fingerprint density at radius 2 is 1.76 bits per heavy atom. The molecule has 0 atom stereocenters. The van der Waals surface area contributed by atoms with Gasteiger partial charge in [0.25, 0.3) is 0 Å². The van der Waals surface area contributed by atoms with Crippen molar-refractivity contribution in [3.63, 3.8) is 0 Å². The quantitative estimate of drug-likeness (QED) is 0.567. The van der Waals surface area contributed by atoms with Gasteiger partial charge in [0.2, 0.25) is 0 Å². The second-order valence-corrected chi connectivity index (χ2v) is 4.85. The van der Waals surface area contributed by atoms with Crippen molar-refractivity contribution in [2.75, 3.05) is 0 Å². The maximum atomic E-state index is 12.1. The van der Waals surface area contributed by atoms with Crippen LogP contribution in [-0.4, -0.2) is 11.1 Å². The summed E-state index contributed by atoms with van der Waals surface area (Å²) in [4.78, 5) is 12.1. The first kappa shape index (κ1) is 13.2. The van der Waals surface area contributed by atoms with Crippen LogP contribution in [-0.2, 0) is 0 Å². The Labute approximate surface area is 122 Å². The summed E-state index contributed by atoms with van der Waals surface area (Å²) in [5, 5.41) is 11.4. The summed E-state index contributed by atoms with van der Waals surface area (Å²) < 4.78 is 5.47. The van der Waals surface area contributed by atoms with E-state index in [4.69, 9.17) is 4.74 Å². The fraction of sp³-hybridized carbons (Fsp3) is 0.0556. The van der Waals surface area contributed by atoms with E-state index >= 15 is 0 Å². The SMILES string of the molecule is Cc1c(OC(=O)c2ccccc2)ccc2cc(O)ccc12. The van der Waals surface area contributed by atoms with E-state index in [-0.39, 0.29) is 11.7 Å². The van der Waals surface area contributed by atoms with Crippen molar-refractivity contribution in [1.29, 1.82) is 0 Å². The zero-order valence-electron chi connectivity index (χ0n) is 11.5. The average molecular weight is 278 g/mol. The normalized spacial score (nSPS) is 10.5. The Balaban J connectivity index is 1.96. The zero-order chi connectivity index (χ0) is 14.8. The van der Waals surface area contributed by atoms with Gasteiger partial charge in [-0.25, -0.2) is 4.79 Å². The number of esters is 1. The lowest BCUT2D eigenvalue weighted by Gasteiger charge is -2.10. The van der Waals surface area contributed by atoms with Gasteiger partial charge in [0, 0.05) is 0 Å². The summed E-state index contributed by atoms with van der Waals surface area (Å²) in [5.41, 5.74) is 1.39. The summed E-state index contributed by atoms with van der Waals surface area (Å²) in [6, 6.07) is 17.6. The third-order valence-electron chi connectivity index (χ3n) is 3.44. The van der Waals surface area contributed by atoms with Crippen molar-refractivity contribution < 1.29 is 14.6 Å². The van der Waals surface area contributed by atoms with Gasteiger partial charge >= 0.3 is 5.97 Å². The fourth-order valence-electron chi connectivity index (χ4n) is 2.30. The second-order valence-electron chi connectivity index (χ2n) is 4.85. The van der Waals surface area contributed by atoms with Gasteiger partial charge in [0.15, 0.2) is 0 Å². The van der Waals surface area contributed by atoms with Crippen molar-refractivity contribution in [3.05, 3.63) is 71.8 Å². The van der Waals surface area contributed by atoms with Crippen molar-refractivity contribution >= 4 is 16.7 Å². The summed E-state index contributed by atoms with van der Waals surface area (Å²) in [6.07, 6.45) is 0. The van der Waals surface area contributed by atoms with E-state index in [0.717, 1.165) is 16.3 Å². The maximum absolute atomic E-state index is 12.1. The predicted octanol–water partition coefficient (Wildman–Crippen LogP) is 4.07. The van der Waals surface area contributed by atoms with Crippen LogP contribution >= 0.6 is 0 Å². The number of carbonyl (C=O) groups is 1. The first-order chi connectivity index (χ1) is 10.1. The Morgan fingerprint density at radius 1 is 1.00 bits per heavy atom. The number of ether oxygens (including phenoxy) is 1. The van der Waals surface area contributed by atoms with Crippen LogP contribution in [0, 0.1) is 6.92 Å². The third-order valence-corrected chi connectivity index (χ3v) is 3.44. The Morgan fingerprint density at radius 3 is 2.52 bits per heavy atom. The topological polar surface area (TPSA) is 46.5 Å².